The van der Waals surface area contributed by atoms with E-state index in [4.69, 9.17) is 4.74 Å². The van der Waals surface area contributed by atoms with Crippen molar-refractivity contribution in [2.75, 3.05) is 18.4 Å². The van der Waals surface area contributed by atoms with Crippen LogP contribution in [0, 0.1) is 6.92 Å². The average Bonchev–Trinajstić information content (AvgIpc) is 2.75. The Morgan fingerprint density at radius 3 is 2.90 bits per heavy atom. The number of rotatable bonds is 2. The van der Waals surface area contributed by atoms with E-state index in [1.54, 1.807) is 11.1 Å². The van der Waals surface area contributed by atoms with Crippen LogP contribution >= 0.6 is 0 Å². The molecule has 1 saturated heterocycles. The van der Waals surface area contributed by atoms with Gasteiger partial charge >= 0.3 is 6.09 Å². The molecule has 1 amide bonds. The Morgan fingerprint density at radius 2 is 2.25 bits per heavy atom. The van der Waals surface area contributed by atoms with Crippen molar-refractivity contribution in [3.05, 3.63) is 23.9 Å². The second-order valence-corrected chi connectivity index (χ2v) is 6.27. The number of anilines is 1. The minimum atomic E-state index is -0.444. The summed E-state index contributed by atoms with van der Waals surface area (Å²) in [6.07, 6.45) is 2.46. The largest absolute Gasteiger partial charge is 0.444 e. The molecule has 0 spiro atoms. The SMILES string of the molecule is Cc1ccnc(N[C@H]2CCN(C(=O)OC(C)(C)C)C2)c1. The molecule has 1 aliphatic heterocycles. The molecule has 2 heterocycles. The van der Waals surface area contributed by atoms with Crippen molar-refractivity contribution in [1.29, 1.82) is 0 Å². The van der Waals surface area contributed by atoms with Crippen molar-refractivity contribution >= 4 is 11.9 Å². The fourth-order valence-electron chi connectivity index (χ4n) is 2.19. The van der Waals surface area contributed by atoms with Gasteiger partial charge in [-0.3, -0.25) is 0 Å². The van der Waals surface area contributed by atoms with Crippen LogP contribution in [0.15, 0.2) is 18.3 Å². The number of hydrogen-bond donors (Lipinski definition) is 1. The van der Waals surface area contributed by atoms with Crippen LogP contribution in [-0.4, -0.2) is 40.7 Å². The van der Waals surface area contributed by atoms with Crippen molar-refractivity contribution in [1.82, 2.24) is 9.88 Å². The third kappa shape index (κ3) is 4.11. The first kappa shape index (κ1) is 14.6. The van der Waals surface area contributed by atoms with Crippen LogP contribution in [0.3, 0.4) is 0 Å². The molecule has 0 radical (unpaired) electrons. The number of aryl methyl sites for hydroxylation is 1. The van der Waals surface area contributed by atoms with Crippen molar-refractivity contribution in [2.45, 2.75) is 45.8 Å². The van der Waals surface area contributed by atoms with Crippen LogP contribution in [0.2, 0.25) is 0 Å². The van der Waals surface area contributed by atoms with Gasteiger partial charge in [-0.05, 0) is 51.8 Å². The normalized spacial score (nSPS) is 19.0. The maximum absolute atomic E-state index is 12.0. The molecule has 0 saturated carbocycles. The lowest BCUT2D eigenvalue weighted by atomic mass is 10.2. The number of amides is 1. The van der Waals surface area contributed by atoms with E-state index in [-0.39, 0.29) is 12.1 Å². The predicted molar refractivity (Wildman–Crippen MR) is 78.8 cm³/mol. The van der Waals surface area contributed by atoms with E-state index in [1.165, 1.54) is 5.56 Å². The summed E-state index contributed by atoms with van der Waals surface area (Å²) in [6, 6.07) is 4.21. The number of carbonyl (C=O) groups excluding carboxylic acids is 1. The monoisotopic (exact) mass is 277 g/mol. The smallest absolute Gasteiger partial charge is 0.410 e. The van der Waals surface area contributed by atoms with Gasteiger partial charge in [0.2, 0.25) is 0 Å². The quantitative estimate of drug-likeness (QED) is 0.903. The second kappa shape index (κ2) is 5.69. The van der Waals surface area contributed by atoms with E-state index in [2.05, 4.69) is 10.3 Å². The first-order valence-electron chi connectivity index (χ1n) is 7.00. The molecule has 0 aromatic carbocycles. The molecule has 1 fully saturated rings. The Morgan fingerprint density at radius 1 is 1.50 bits per heavy atom. The fraction of sp³-hybridized carbons (Fsp3) is 0.600. The van der Waals surface area contributed by atoms with Crippen molar-refractivity contribution in [3.8, 4) is 0 Å². The van der Waals surface area contributed by atoms with Crippen molar-refractivity contribution < 1.29 is 9.53 Å². The van der Waals surface area contributed by atoms with Gasteiger partial charge in [0, 0.05) is 25.3 Å². The summed E-state index contributed by atoms with van der Waals surface area (Å²) < 4.78 is 5.38. The molecule has 5 nitrogen and oxygen atoms in total. The Labute approximate surface area is 120 Å². The minimum Gasteiger partial charge on any atom is -0.444 e. The average molecular weight is 277 g/mol. The number of likely N-dealkylation sites (tertiary alicyclic amines) is 1. The van der Waals surface area contributed by atoms with E-state index >= 15 is 0 Å². The number of aromatic nitrogens is 1. The molecule has 1 atom stereocenters. The molecule has 0 aliphatic carbocycles. The molecule has 0 bridgehead atoms. The molecule has 1 aliphatic rings. The van der Waals surface area contributed by atoms with Gasteiger partial charge in [0.1, 0.15) is 11.4 Å². The lowest BCUT2D eigenvalue weighted by Gasteiger charge is -2.24. The zero-order valence-corrected chi connectivity index (χ0v) is 12.6. The van der Waals surface area contributed by atoms with E-state index in [0.29, 0.717) is 6.54 Å². The van der Waals surface area contributed by atoms with E-state index in [0.717, 1.165) is 18.8 Å². The zero-order valence-electron chi connectivity index (χ0n) is 12.6. The number of carbonyl (C=O) groups is 1. The molecule has 2 rings (SSSR count). The number of pyridine rings is 1. The van der Waals surface area contributed by atoms with Crippen LogP contribution in [0.5, 0.6) is 0 Å². The van der Waals surface area contributed by atoms with Crippen LogP contribution < -0.4 is 5.32 Å². The molecule has 1 aromatic rings. The van der Waals surface area contributed by atoms with Crippen molar-refractivity contribution in [3.63, 3.8) is 0 Å². The van der Waals surface area contributed by atoms with E-state index < -0.39 is 5.60 Å². The van der Waals surface area contributed by atoms with Gasteiger partial charge in [-0.2, -0.15) is 0 Å². The molecular weight excluding hydrogens is 254 g/mol. The first-order chi connectivity index (χ1) is 9.33. The Hall–Kier alpha value is -1.78. The van der Waals surface area contributed by atoms with E-state index in [1.807, 2.05) is 39.8 Å². The summed E-state index contributed by atoms with van der Waals surface area (Å²) in [6.45, 7) is 9.06. The third-order valence-corrected chi connectivity index (χ3v) is 3.11. The highest BCUT2D eigenvalue weighted by Crippen LogP contribution is 2.18. The molecule has 5 heteroatoms. The molecule has 20 heavy (non-hydrogen) atoms. The third-order valence-electron chi connectivity index (χ3n) is 3.11. The standard InChI is InChI=1S/C15H23N3O2/c1-11-5-7-16-13(9-11)17-12-6-8-18(10-12)14(19)20-15(2,3)4/h5,7,9,12H,6,8,10H2,1-4H3,(H,16,17)/t12-/m0/s1. The summed E-state index contributed by atoms with van der Waals surface area (Å²) in [4.78, 5) is 18.0. The number of hydrogen-bond acceptors (Lipinski definition) is 4. The van der Waals surface area contributed by atoms with Gasteiger partial charge in [0.05, 0.1) is 0 Å². The Balaban J connectivity index is 1.88. The molecule has 110 valence electrons. The highest BCUT2D eigenvalue weighted by atomic mass is 16.6. The lowest BCUT2D eigenvalue weighted by Crippen LogP contribution is -2.36. The number of nitrogens with zero attached hydrogens (tertiary/aromatic N) is 2. The maximum Gasteiger partial charge on any atom is 0.410 e. The second-order valence-electron chi connectivity index (χ2n) is 6.27. The van der Waals surface area contributed by atoms with Gasteiger partial charge in [-0.15, -0.1) is 0 Å². The van der Waals surface area contributed by atoms with Crippen LogP contribution in [0.25, 0.3) is 0 Å². The first-order valence-corrected chi connectivity index (χ1v) is 7.00. The summed E-state index contributed by atoms with van der Waals surface area (Å²) in [5.74, 6) is 0.862. The maximum atomic E-state index is 12.0. The number of nitrogens with one attached hydrogen (secondary N) is 1. The van der Waals surface area contributed by atoms with Gasteiger partial charge in [0.25, 0.3) is 0 Å². The Bertz CT molecular complexity index is 482. The summed E-state index contributed by atoms with van der Waals surface area (Å²) in [5, 5.41) is 3.37. The molecular formula is C15H23N3O2. The number of ether oxygens (including phenoxy) is 1. The predicted octanol–water partition coefficient (Wildman–Crippen LogP) is 2.81. The van der Waals surface area contributed by atoms with Gasteiger partial charge in [0.15, 0.2) is 0 Å². The van der Waals surface area contributed by atoms with Gasteiger partial charge in [-0.1, -0.05) is 0 Å². The highest BCUT2D eigenvalue weighted by Gasteiger charge is 2.29. The highest BCUT2D eigenvalue weighted by molar-refractivity contribution is 5.68. The summed E-state index contributed by atoms with van der Waals surface area (Å²) >= 11 is 0. The topological polar surface area (TPSA) is 54.5 Å². The van der Waals surface area contributed by atoms with Crippen LogP contribution in [0.4, 0.5) is 10.6 Å². The summed E-state index contributed by atoms with van der Waals surface area (Å²) in [5.41, 5.74) is 0.727. The van der Waals surface area contributed by atoms with E-state index in [9.17, 15) is 4.79 Å². The lowest BCUT2D eigenvalue weighted by molar-refractivity contribution is 0.0293. The fourth-order valence-corrected chi connectivity index (χ4v) is 2.19. The van der Waals surface area contributed by atoms with Crippen LogP contribution in [-0.2, 0) is 4.74 Å². The molecule has 1 aromatic heterocycles. The zero-order chi connectivity index (χ0) is 14.8. The Kier molecular flexibility index (Phi) is 4.16. The molecule has 0 unspecified atom stereocenters. The van der Waals surface area contributed by atoms with Crippen molar-refractivity contribution in [2.24, 2.45) is 0 Å². The summed E-state index contributed by atoms with van der Waals surface area (Å²) in [7, 11) is 0. The molecule has 1 N–H and O–H groups in total. The minimum absolute atomic E-state index is 0.233. The van der Waals surface area contributed by atoms with Crippen LogP contribution in [0.1, 0.15) is 32.8 Å². The van der Waals surface area contributed by atoms with Gasteiger partial charge < -0.3 is 15.0 Å². The van der Waals surface area contributed by atoms with Gasteiger partial charge in [-0.25, -0.2) is 9.78 Å².